The van der Waals surface area contributed by atoms with Gasteiger partial charge >= 0.3 is 0 Å². The number of halogens is 1. The zero-order chi connectivity index (χ0) is 10.8. The summed E-state index contributed by atoms with van der Waals surface area (Å²) in [6.07, 6.45) is 2.35. The Balaban J connectivity index is 2.14. The van der Waals surface area contributed by atoms with E-state index in [9.17, 15) is 4.39 Å². The minimum absolute atomic E-state index is 0.291. The van der Waals surface area contributed by atoms with Gasteiger partial charge in [-0.3, -0.25) is 0 Å². The Bertz CT molecular complexity index is 325. The van der Waals surface area contributed by atoms with E-state index in [1.165, 1.54) is 12.3 Å². The highest BCUT2D eigenvalue weighted by molar-refractivity contribution is 5.40. The van der Waals surface area contributed by atoms with E-state index in [0.717, 1.165) is 18.8 Å². The van der Waals surface area contributed by atoms with Crippen LogP contribution in [0, 0.1) is 11.7 Å². The number of pyridine rings is 1. The van der Waals surface area contributed by atoms with Crippen molar-refractivity contribution in [3.8, 4) is 0 Å². The zero-order valence-electron chi connectivity index (χ0n) is 8.86. The predicted octanol–water partition coefficient (Wildman–Crippen LogP) is 1.39. The number of nitrogens with two attached hydrogens (primary N) is 1. The lowest BCUT2D eigenvalue weighted by Crippen LogP contribution is -2.28. The van der Waals surface area contributed by atoms with E-state index < -0.39 is 0 Å². The first-order chi connectivity index (χ1) is 7.20. The fourth-order valence-electron chi connectivity index (χ4n) is 2.17. The van der Waals surface area contributed by atoms with Crippen LogP contribution >= 0.6 is 0 Å². The monoisotopic (exact) mass is 209 g/mol. The predicted molar refractivity (Wildman–Crippen MR) is 58.2 cm³/mol. The van der Waals surface area contributed by atoms with Crippen molar-refractivity contribution in [3.05, 3.63) is 24.1 Å². The molecule has 1 aliphatic rings. The summed E-state index contributed by atoms with van der Waals surface area (Å²) in [5.41, 5.74) is 5.65. The number of anilines is 1. The number of rotatable bonds is 2. The molecule has 2 rings (SSSR count). The molecule has 1 fully saturated rings. The molecule has 4 heteroatoms. The molecule has 1 saturated heterocycles. The van der Waals surface area contributed by atoms with Gasteiger partial charge in [-0.1, -0.05) is 0 Å². The summed E-state index contributed by atoms with van der Waals surface area (Å²) in [6, 6.07) is 3.62. The van der Waals surface area contributed by atoms with Crippen molar-refractivity contribution in [1.29, 1.82) is 0 Å². The number of hydrogen-bond donors (Lipinski definition) is 1. The van der Waals surface area contributed by atoms with Gasteiger partial charge in [0.1, 0.15) is 11.6 Å². The summed E-state index contributed by atoms with van der Waals surface area (Å²) in [6.45, 7) is 3.79. The summed E-state index contributed by atoms with van der Waals surface area (Å²) in [5.74, 6) is 1.09. The van der Waals surface area contributed by atoms with E-state index in [2.05, 4.69) is 16.8 Å². The molecule has 2 unspecified atom stereocenters. The third-order valence-electron chi connectivity index (χ3n) is 3.00. The van der Waals surface area contributed by atoms with Crippen molar-refractivity contribution in [2.45, 2.75) is 19.4 Å². The van der Waals surface area contributed by atoms with Gasteiger partial charge in [0.2, 0.25) is 0 Å². The van der Waals surface area contributed by atoms with E-state index in [1.807, 2.05) is 0 Å². The summed E-state index contributed by atoms with van der Waals surface area (Å²) in [7, 11) is 0. The number of aromatic nitrogens is 1. The second-order valence-electron chi connectivity index (χ2n) is 4.17. The van der Waals surface area contributed by atoms with Gasteiger partial charge in [0.05, 0.1) is 6.20 Å². The Labute approximate surface area is 89.1 Å². The highest BCUT2D eigenvalue weighted by Crippen LogP contribution is 2.26. The normalized spacial score (nSPS) is 25.9. The van der Waals surface area contributed by atoms with Crippen molar-refractivity contribution in [2.24, 2.45) is 11.7 Å². The van der Waals surface area contributed by atoms with Crippen molar-refractivity contribution in [3.63, 3.8) is 0 Å². The van der Waals surface area contributed by atoms with Crippen LogP contribution in [0.25, 0.3) is 0 Å². The highest BCUT2D eigenvalue weighted by Gasteiger charge is 2.28. The standard InChI is InChI=1S/C11H16FN3/c1-8-4-9(5-13)7-15(8)11-3-2-10(12)6-14-11/h2-3,6,8-9H,4-5,7,13H2,1H3. The van der Waals surface area contributed by atoms with Gasteiger partial charge in [0.25, 0.3) is 0 Å². The summed E-state index contributed by atoms with van der Waals surface area (Å²) in [4.78, 5) is 6.28. The van der Waals surface area contributed by atoms with Crippen molar-refractivity contribution in [1.82, 2.24) is 4.98 Å². The molecule has 2 heterocycles. The molecule has 82 valence electrons. The zero-order valence-corrected chi connectivity index (χ0v) is 8.86. The third kappa shape index (κ3) is 2.09. The summed E-state index contributed by atoms with van der Waals surface area (Å²) < 4.78 is 12.7. The first-order valence-electron chi connectivity index (χ1n) is 5.29. The molecule has 1 aliphatic heterocycles. The smallest absolute Gasteiger partial charge is 0.141 e. The van der Waals surface area contributed by atoms with Crippen LogP contribution in [0.1, 0.15) is 13.3 Å². The molecule has 3 nitrogen and oxygen atoms in total. The Kier molecular flexibility index (Phi) is 2.86. The Morgan fingerprint density at radius 1 is 1.60 bits per heavy atom. The van der Waals surface area contributed by atoms with Crippen LogP contribution in [0.3, 0.4) is 0 Å². The maximum absolute atomic E-state index is 12.7. The van der Waals surface area contributed by atoms with E-state index in [1.54, 1.807) is 6.07 Å². The Morgan fingerprint density at radius 3 is 2.93 bits per heavy atom. The third-order valence-corrected chi connectivity index (χ3v) is 3.00. The number of hydrogen-bond acceptors (Lipinski definition) is 3. The Morgan fingerprint density at radius 2 is 2.40 bits per heavy atom. The van der Waals surface area contributed by atoms with E-state index >= 15 is 0 Å². The summed E-state index contributed by atoms with van der Waals surface area (Å²) in [5, 5.41) is 0. The molecule has 0 aliphatic carbocycles. The van der Waals surface area contributed by atoms with Crippen LogP contribution in [0.4, 0.5) is 10.2 Å². The molecular formula is C11H16FN3. The Hall–Kier alpha value is -1.16. The van der Waals surface area contributed by atoms with Crippen LogP contribution in [0.15, 0.2) is 18.3 Å². The largest absolute Gasteiger partial charge is 0.354 e. The number of nitrogens with zero attached hydrogens (tertiary/aromatic N) is 2. The van der Waals surface area contributed by atoms with Gasteiger partial charge in [-0.25, -0.2) is 9.37 Å². The van der Waals surface area contributed by atoms with E-state index in [-0.39, 0.29) is 5.82 Å². The van der Waals surface area contributed by atoms with E-state index in [4.69, 9.17) is 5.73 Å². The molecular weight excluding hydrogens is 193 g/mol. The van der Waals surface area contributed by atoms with Crippen molar-refractivity contribution >= 4 is 5.82 Å². The van der Waals surface area contributed by atoms with Gasteiger partial charge in [-0.15, -0.1) is 0 Å². The molecule has 0 saturated carbocycles. The van der Waals surface area contributed by atoms with Crippen LogP contribution in [-0.4, -0.2) is 24.1 Å². The van der Waals surface area contributed by atoms with Gasteiger partial charge in [0.15, 0.2) is 0 Å². The topological polar surface area (TPSA) is 42.1 Å². The van der Waals surface area contributed by atoms with Crippen LogP contribution in [0.2, 0.25) is 0 Å². The molecule has 1 aromatic rings. The van der Waals surface area contributed by atoms with Crippen LogP contribution in [0.5, 0.6) is 0 Å². The van der Waals surface area contributed by atoms with Crippen molar-refractivity contribution < 1.29 is 4.39 Å². The summed E-state index contributed by atoms with van der Waals surface area (Å²) >= 11 is 0. The van der Waals surface area contributed by atoms with Gasteiger partial charge in [0, 0.05) is 12.6 Å². The maximum atomic E-state index is 12.7. The molecule has 0 radical (unpaired) electrons. The van der Waals surface area contributed by atoms with E-state index in [0.29, 0.717) is 18.5 Å². The second-order valence-corrected chi connectivity index (χ2v) is 4.17. The van der Waals surface area contributed by atoms with Crippen molar-refractivity contribution in [2.75, 3.05) is 18.0 Å². The lowest BCUT2D eigenvalue weighted by atomic mass is 10.1. The highest BCUT2D eigenvalue weighted by atomic mass is 19.1. The molecule has 2 N–H and O–H groups in total. The molecule has 0 spiro atoms. The molecule has 0 bridgehead atoms. The maximum Gasteiger partial charge on any atom is 0.141 e. The molecule has 0 aromatic carbocycles. The van der Waals surface area contributed by atoms with Gasteiger partial charge < -0.3 is 10.6 Å². The lowest BCUT2D eigenvalue weighted by molar-refractivity contribution is 0.579. The average Bonchev–Trinajstić information content (AvgIpc) is 2.61. The van der Waals surface area contributed by atoms with Gasteiger partial charge in [-0.2, -0.15) is 0 Å². The van der Waals surface area contributed by atoms with Crippen LogP contribution < -0.4 is 10.6 Å². The molecule has 1 aromatic heterocycles. The second kappa shape index (κ2) is 4.14. The van der Waals surface area contributed by atoms with Crippen LogP contribution in [-0.2, 0) is 0 Å². The average molecular weight is 209 g/mol. The molecule has 15 heavy (non-hydrogen) atoms. The van der Waals surface area contributed by atoms with Gasteiger partial charge in [-0.05, 0) is 37.9 Å². The minimum atomic E-state index is -0.291. The molecule has 2 atom stereocenters. The SMILES string of the molecule is CC1CC(CN)CN1c1ccc(F)cn1. The fraction of sp³-hybridized carbons (Fsp3) is 0.545. The first-order valence-corrected chi connectivity index (χ1v) is 5.29. The minimum Gasteiger partial charge on any atom is -0.354 e. The first kappa shape index (κ1) is 10.4. The molecule has 0 amide bonds. The lowest BCUT2D eigenvalue weighted by Gasteiger charge is -2.22. The quantitative estimate of drug-likeness (QED) is 0.800. The fourth-order valence-corrected chi connectivity index (χ4v) is 2.17.